The third-order valence-electron chi connectivity index (χ3n) is 2.85. The van der Waals surface area contributed by atoms with E-state index < -0.39 is 11.9 Å². The van der Waals surface area contributed by atoms with Gasteiger partial charge < -0.3 is 15.3 Å². The van der Waals surface area contributed by atoms with Crippen LogP contribution in [0, 0.1) is 6.92 Å². The number of carbonyl (C=O) groups is 2. The van der Waals surface area contributed by atoms with Crippen molar-refractivity contribution in [2.24, 2.45) is 0 Å². The van der Waals surface area contributed by atoms with Crippen LogP contribution in [0.25, 0.3) is 0 Å². The number of aryl methyl sites for hydroxylation is 1. The first-order valence-corrected chi connectivity index (χ1v) is 5.68. The van der Waals surface area contributed by atoms with Gasteiger partial charge in [0.15, 0.2) is 0 Å². The van der Waals surface area contributed by atoms with Crippen LogP contribution in [0.5, 0.6) is 0 Å². The molecule has 0 atom stereocenters. The van der Waals surface area contributed by atoms with Gasteiger partial charge in [-0.05, 0) is 49.4 Å². The number of aliphatic hydroxyl groups excluding tert-OH is 1. The van der Waals surface area contributed by atoms with Gasteiger partial charge in [-0.2, -0.15) is 0 Å². The molecular weight excluding hydrogens is 236 g/mol. The fourth-order valence-electron chi connectivity index (χ4n) is 1.81. The van der Waals surface area contributed by atoms with E-state index in [0.717, 1.165) is 0 Å². The topological polar surface area (TPSA) is 94.8 Å². The van der Waals surface area contributed by atoms with Crippen LogP contribution in [0.3, 0.4) is 0 Å². The second-order valence-electron chi connectivity index (χ2n) is 4.10. The zero-order valence-electron chi connectivity index (χ0n) is 10.1. The van der Waals surface area contributed by atoms with Crippen molar-refractivity contribution >= 4 is 11.9 Å². The summed E-state index contributed by atoms with van der Waals surface area (Å²) in [5.41, 5.74) is 1.30. The minimum absolute atomic E-state index is 0.0167. The normalized spacial score (nSPS) is 10.3. The van der Waals surface area contributed by atoms with Crippen LogP contribution >= 0.6 is 0 Å². The van der Waals surface area contributed by atoms with E-state index in [9.17, 15) is 9.59 Å². The van der Waals surface area contributed by atoms with E-state index in [2.05, 4.69) is 0 Å². The molecule has 5 heteroatoms. The highest BCUT2D eigenvalue weighted by Crippen LogP contribution is 2.19. The van der Waals surface area contributed by atoms with E-state index in [1.165, 1.54) is 12.1 Å². The van der Waals surface area contributed by atoms with Crippen molar-refractivity contribution in [3.05, 3.63) is 34.4 Å². The van der Waals surface area contributed by atoms with Gasteiger partial charge in [0.05, 0.1) is 11.1 Å². The Balaban J connectivity index is 3.14. The number of carboxylic acids is 2. The van der Waals surface area contributed by atoms with Crippen molar-refractivity contribution in [2.75, 3.05) is 6.61 Å². The Hall–Kier alpha value is -1.88. The fourth-order valence-corrected chi connectivity index (χ4v) is 1.81. The SMILES string of the molecule is Cc1c(CCCCO)cc(C(=O)O)cc1C(=O)O. The molecule has 0 aromatic heterocycles. The van der Waals surface area contributed by atoms with Gasteiger partial charge in [-0.3, -0.25) is 0 Å². The number of carboxylic acid groups (broad SMARTS) is 2. The average molecular weight is 252 g/mol. The summed E-state index contributed by atoms with van der Waals surface area (Å²) in [5.74, 6) is -2.26. The lowest BCUT2D eigenvalue weighted by Crippen LogP contribution is -2.08. The minimum Gasteiger partial charge on any atom is -0.478 e. The van der Waals surface area contributed by atoms with Gasteiger partial charge >= 0.3 is 11.9 Å². The molecule has 0 amide bonds. The smallest absolute Gasteiger partial charge is 0.335 e. The molecule has 0 bridgehead atoms. The molecule has 0 aliphatic heterocycles. The van der Waals surface area contributed by atoms with Crippen LogP contribution in [-0.4, -0.2) is 33.9 Å². The third-order valence-corrected chi connectivity index (χ3v) is 2.85. The lowest BCUT2D eigenvalue weighted by atomic mass is 9.95. The Morgan fingerprint density at radius 2 is 1.78 bits per heavy atom. The first-order valence-electron chi connectivity index (χ1n) is 5.68. The van der Waals surface area contributed by atoms with Crippen molar-refractivity contribution in [1.29, 1.82) is 0 Å². The fraction of sp³-hybridized carbons (Fsp3) is 0.385. The number of benzene rings is 1. The molecule has 98 valence electrons. The van der Waals surface area contributed by atoms with Crippen LogP contribution in [0.1, 0.15) is 44.7 Å². The highest BCUT2D eigenvalue weighted by molar-refractivity contribution is 5.95. The predicted octanol–water partition coefficient (Wildman–Crippen LogP) is 1.71. The van der Waals surface area contributed by atoms with E-state index >= 15 is 0 Å². The van der Waals surface area contributed by atoms with Gasteiger partial charge in [0, 0.05) is 6.61 Å². The monoisotopic (exact) mass is 252 g/mol. The number of rotatable bonds is 6. The Morgan fingerprint density at radius 3 is 2.28 bits per heavy atom. The maximum Gasteiger partial charge on any atom is 0.335 e. The van der Waals surface area contributed by atoms with Gasteiger partial charge in [-0.1, -0.05) is 0 Å². The molecule has 0 radical (unpaired) electrons. The van der Waals surface area contributed by atoms with Crippen molar-refractivity contribution in [3.8, 4) is 0 Å². The van der Waals surface area contributed by atoms with E-state index in [-0.39, 0.29) is 17.7 Å². The van der Waals surface area contributed by atoms with Gasteiger partial charge in [0.25, 0.3) is 0 Å². The molecule has 0 spiro atoms. The summed E-state index contributed by atoms with van der Waals surface area (Å²) < 4.78 is 0. The molecule has 0 saturated carbocycles. The third kappa shape index (κ3) is 3.30. The van der Waals surface area contributed by atoms with Crippen molar-refractivity contribution in [3.63, 3.8) is 0 Å². The van der Waals surface area contributed by atoms with Crippen LogP contribution in [0.15, 0.2) is 12.1 Å². The highest BCUT2D eigenvalue weighted by Gasteiger charge is 2.15. The lowest BCUT2D eigenvalue weighted by molar-refractivity contribution is 0.0695. The van der Waals surface area contributed by atoms with Crippen molar-refractivity contribution in [2.45, 2.75) is 26.2 Å². The summed E-state index contributed by atoms with van der Waals surface area (Å²) in [6.07, 6.45) is 1.87. The summed E-state index contributed by atoms with van der Waals surface area (Å²) in [6.45, 7) is 1.74. The van der Waals surface area contributed by atoms with E-state index in [4.69, 9.17) is 15.3 Å². The first-order chi connectivity index (χ1) is 8.47. The maximum atomic E-state index is 11.0. The molecule has 1 aromatic carbocycles. The van der Waals surface area contributed by atoms with Crippen LogP contribution < -0.4 is 0 Å². The Bertz CT molecular complexity index is 465. The molecule has 0 aliphatic carbocycles. The summed E-state index contributed by atoms with van der Waals surface area (Å²) in [6, 6.07) is 2.68. The highest BCUT2D eigenvalue weighted by atomic mass is 16.4. The number of hydrogen-bond donors (Lipinski definition) is 3. The van der Waals surface area contributed by atoms with E-state index in [1.807, 2.05) is 0 Å². The van der Waals surface area contributed by atoms with Crippen LogP contribution in [-0.2, 0) is 6.42 Å². The molecule has 3 N–H and O–H groups in total. The van der Waals surface area contributed by atoms with Crippen LogP contribution in [0.2, 0.25) is 0 Å². The zero-order chi connectivity index (χ0) is 13.7. The van der Waals surface area contributed by atoms with Gasteiger partial charge in [-0.25, -0.2) is 9.59 Å². The molecule has 0 aliphatic rings. The summed E-state index contributed by atoms with van der Waals surface area (Å²) in [7, 11) is 0. The number of hydrogen-bond acceptors (Lipinski definition) is 3. The molecule has 1 aromatic rings. The molecule has 0 saturated heterocycles. The molecular formula is C13H16O5. The van der Waals surface area contributed by atoms with E-state index in [1.54, 1.807) is 6.92 Å². The first kappa shape index (κ1) is 14.2. The predicted molar refractivity (Wildman–Crippen MR) is 65.1 cm³/mol. The summed E-state index contributed by atoms with van der Waals surface area (Å²) >= 11 is 0. The quantitative estimate of drug-likeness (QED) is 0.670. The number of aromatic carboxylic acids is 2. The largest absolute Gasteiger partial charge is 0.478 e. The van der Waals surface area contributed by atoms with Crippen LogP contribution in [0.4, 0.5) is 0 Å². The second-order valence-corrected chi connectivity index (χ2v) is 4.10. The number of aliphatic hydroxyl groups is 1. The minimum atomic E-state index is -1.14. The average Bonchev–Trinajstić information content (AvgIpc) is 2.30. The molecule has 0 unspecified atom stereocenters. The Morgan fingerprint density at radius 1 is 1.11 bits per heavy atom. The van der Waals surface area contributed by atoms with Gasteiger partial charge in [0.2, 0.25) is 0 Å². The standard InChI is InChI=1S/C13H16O5/c1-8-9(4-2-3-5-14)6-10(12(15)16)7-11(8)13(17)18/h6-7,14H,2-5H2,1H3,(H,15,16)(H,17,18). The second kappa shape index (κ2) is 6.16. The number of unbranched alkanes of at least 4 members (excludes halogenated alkanes) is 1. The summed E-state index contributed by atoms with van der Waals surface area (Å²) in [5, 5.41) is 26.7. The molecule has 18 heavy (non-hydrogen) atoms. The molecule has 0 heterocycles. The van der Waals surface area contributed by atoms with Gasteiger partial charge in [-0.15, -0.1) is 0 Å². The molecule has 0 fully saturated rings. The Labute approximate surface area is 105 Å². The Kier molecular flexibility index (Phi) is 4.85. The van der Waals surface area contributed by atoms with Gasteiger partial charge in [0.1, 0.15) is 0 Å². The zero-order valence-corrected chi connectivity index (χ0v) is 10.1. The maximum absolute atomic E-state index is 11.0. The van der Waals surface area contributed by atoms with Crippen molar-refractivity contribution < 1.29 is 24.9 Å². The van der Waals surface area contributed by atoms with Crippen molar-refractivity contribution in [1.82, 2.24) is 0 Å². The van der Waals surface area contributed by atoms with E-state index in [0.29, 0.717) is 30.4 Å². The molecule has 5 nitrogen and oxygen atoms in total. The lowest BCUT2D eigenvalue weighted by Gasteiger charge is -2.10. The summed E-state index contributed by atoms with van der Waals surface area (Å²) in [4.78, 5) is 22.0. The molecule has 1 rings (SSSR count).